The van der Waals surface area contributed by atoms with Crippen molar-refractivity contribution in [2.75, 3.05) is 25.3 Å². The Labute approximate surface area is 204 Å². The minimum absolute atomic E-state index is 0.106. The molecule has 1 N–H and O–H groups in total. The van der Waals surface area contributed by atoms with Crippen LogP contribution in [0.25, 0.3) is 0 Å². The number of rotatable bonds is 6. The Bertz CT molecular complexity index is 1280. The van der Waals surface area contributed by atoms with Gasteiger partial charge in [0.25, 0.3) is 0 Å². The third-order valence-electron chi connectivity index (χ3n) is 5.54. The van der Waals surface area contributed by atoms with Gasteiger partial charge in [0.05, 0.1) is 42.1 Å². The van der Waals surface area contributed by atoms with Gasteiger partial charge >= 0.3 is 0 Å². The first kappa shape index (κ1) is 23.6. The molecule has 3 aromatic rings. The number of aliphatic imine (C=N–C) groups is 2. The molecule has 0 radical (unpaired) electrons. The van der Waals surface area contributed by atoms with Gasteiger partial charge in [0.15, 0.2) is 0 Å². The van der Waals surface area contributed by atoms with Gasteiger partial charge in [-0.05, 0) is 61.4 Å². The van der Waals surface area contributed by atoms with Crippen molar-refractivity contribution < 1.29 is 14.3 Å². The Hall–Kier alpha value is -3.58. The summed E-state index contributed by atoms with van der Waals surface area (Å²) >= 11 is 1.42. The van der Waals surface area contributed by atoms with Crippen LogP contribution >= 0.6 is 11.8 Å². The zero-order chi connectivity index (χ0) is 24.1. The van der Waals surface area contributed by atoms with Gasteiger partial charge in [-0.25, -0.2) is 4.99 Å². The van der Waals surface area contributed by atoms with Crippen LogP contribution in [0.15, 0.2) is 70.6 Å². The van der Waals surface area contributed by atoms with E-state index in [0.29, 0.717) is 17.9 Å². The SMILES string of the molecule is COc1cccc(NC(=O)CSC2=Nc3cc(C)c(C)cc3N=C(c3cccc(OC)c3)C2)c1. The predicted octanol–water partition coefficient (Wildman–Crippen LogP) is 6.25. The van der Waals surface area contributed by atoms with Gasteiger partial charge in [-0.1, -0.05) is 18.2 Å². The molecule has 0 unspecified atom stereocenters. The normalized spacial score (nSPS) is 12.7. The molecule has 0 saturated carbocycles. The molecule has 0 aromatic heterocycles. The van der Waals surface area contributed by atoms with Crippen LogP contribution < -0.4 is 14.8 Å². The van der Waals surface area contributed by atoms with E-state index in [4.69, 9.17) is 19.5 Å². The van der Waals surface area contributed by atoms with Crippen LogP contribution in [-0.4, -0.2) is 36.6 Å². The molecule has 0 bridgehead atoms. The maximum Gasteiger partial charge on any atom is 0.234 e. The Kier molecular flexibility index (Phi) is 7.33. The summed E-state index contributed by atoms with van der Waals surface area (Å²) in [6, 6.07) is 19.3. The second-order valence-electron chi connectivity index (χ2n) is 7.97. The fourth-order valence-corrected chi connectivity index (χ4v) is 4.34. The molecule has 0 saturated heterocycles. The number of benzene rings is 3. The molecule has 7 heteroatoms. The molecule has 6 nitrogen and oxygen atoms in total. The molecule has 0 spiro atoms. The van der Waals surface area contributed by atoms with Crippen molar-refractivity contribution in [3.63, 3.8) is 0 Å². The number of carbonyl (C=O) groups excluding carboxylic acids is 1. The summed E-state index contributed by atoms with van der Waals surface area (Å²) in [6.07, 6.45) is 0.525. The minimum atomic E-state index is -0.106. The van der Waals surface area contributed by atoms with Gasteiger partial charge < -0.3 is 14.8 Å². The van der Waals surface area contributed by atoms with Gasteiger partial charge in [0.1, 0.15) is 11.5 Å². The molecule has 1 amide bonds. The van der Waals surface area contributed by atoms with Crippen molar-refractivity contribution in [1.29, 1.82) is 0 Å². The van der Waals surface area contributed by atoms with E-state index >= 15 is 0 Å². The number of ether oxygens (including phenoxy) is 2. The Morgan fingerprint density at radius 1 is 0.912 bits per heavy atom. The number of anilines is 1. The van der Waals surface area contributed by atoms with Crippen LogP contribution in [-0.2, 0) is 4.79 Å². The Morgan fingerprint density at radius 3 is 2.26 bits per heavy atom. The molecule has 1 heterocycles. The molecule has 1 aliphatic heterocycles. The maximum atomic E-state index is 12.6. The molecule has 3 aromatic carbocycles. The van der Waals surface area contributed by atoms with Crippen molar-refractivity contribution in [3.8, 4) is 11.5 Å². The van der Waals surface area contributed by atoms with Crippen molar-refractivity contribution in [3.05, 3.63) is 77.4 Å². The number of carbonyl (C=O) groups is 1. The van der Waals surface area contributed by atoms with Crippen LogP contribution in [0.3, 0.4) is 0 Å². The highest BCUT2D eigenvalue weighted by Gasteiger charge is 2.18. The summed E-state index contributed by atoms with van der Waals surface area (Å²) < 4.78 is 10.6. The summed E-state index contributed by atoms with van der Waals surface area (Å²) in [6.45, 7) is 4.14. The first-order valence-electron chi connectivity index (χ1n) is 10.9. The second-order valence-corrected chi connectivity index (χ2v) is 9.02. The van der Waals surface area contributed by atoms with Crippen LogP contribution in [0, 0.1) is 13.8 Å². The summed E-state index contributed by atoms with van der Waals surface area (Å²) in [4.78, 5) is 22.5. The fourth-order valence-electron chi connectivity index (χ4n) is 3.57. The average molecular weight is 474 g/mol. The van der Waals surface area contributed by atoms with Crippen molar-refractivity contribution >= 4 is 45.5 Å². The Morgan fingerprint density at radius 2 is 1.56 bits per heavy atom. The summed E-state index contributed by atoms with van der Waals surface area (Å²) in [5.41, 5.74) is 6.52. The lowest BCUT2D eigenvalue weighted by Crippen LogP contribution is -2.16. The Balaban J connectivity index is 1.58. The van der Waals surface area contributed by atoms with E-state index in [1.807, 2.05) is 42.5 Å². The first-order chi connectivity index (χ1) is 16.4. The average Bonchev–Trinajstić information content (AvgIpc) is 3.02. The number of nitrogens with one attached hydrogen (secondary N) is 1. The molecular formula is C27H27N3O3S. The van der Waals surface area contributed by atoms with Crippen molar-refractivity contribution in [1.82, 2.24) is 0 Å². The van der Waals surface area contributed by atoms with Crippen LogP contribution in [0.2, 0.25) is 0 Å². The van der Waals surface area contributed by atoms with Crippen molar-refractivity contribution in [2.45, 2.75) is 20.3 Å². The monoisotopic (exact) mass is 473 g/mol. The largest absolute Gasteiger partial charge is 0.497 e. The lowest BCUT2D eigenvalue weighted by Gasteiger charge is -2.10. The number of nitrogens with zero attached hydrogens (tertiary/aromatic N) is 2. The molecule has 1 aliphatic rings. The number of fused-ring (bicyclic) bond motifs is 1. The number of methoxy groups -OCH3 is 2. The third kappa shape index (κ3) is 5.66. The van der Waals surface area contributed by atoms with Gasteiger partial charge in [0, 0.05) is 23.7 Å². The minimum Gasteiger partial charge on any atom is -0.497 e. The van der Waals surface area contributed by atoms with E-state index in [1.54, 1.807) is 20.3 Å². The highest BCUT2D eigenvalue weighted by molar-refractivity contribution is 8.14. The predicted molar refractivity (Wildman–Crippen MR) is 141 cm³/mol. The molecular weight excluding hydrogens is 446 g/mol. The van der Waals surface area contributed by atoms with Gasteiger partial charge in [-0.15, -0.1) is 11.8 Å². The molecule has 0 fully saturated rings. The smallest absolute Gasteiger partial charge is 0.234 e. The quantitative estimate of drug-likeness (QED) is 0.459. The highest BCUT2D eigenvalue weighted by atomic mass is 32.2. The zero-order valence-electron chi connectivity index (χ0n) is 19.7. The molecule has 0 atom stereocenters. The van der Waals surface area contributed by atoms with E-state index in [0.717, 1.165) is 44.6 Å². The standard InChI is InChI=1S/C27H27N3O3S/c1-17-11-24-25(12-18(17)2)30-27(15-23(29-24)19-7-5-9-21(13-19)32-3)34-16-26(31)28-20-8-6-10-22(14-20)33-4/h5-14H,15-16H2,1-4H3,(H,28,31). The first-order valence-corrected chi connectivity index (χ1v) is 11.9. The zero-order valence-corrected chi connectivity index (χ0v) is 20.5. The topological polar surface area (TPSA) is 72.3 Å². The molecule has 34 heavy (non-hydrogen) atoms. The molecule has 0 aliphatic carbocycles. The second kappa shape index (κ2) is 10.6. The molecule has 4 rings (SSSR count). The van der Waals surface area contributed by atoms with Gasteiger partial charge in [0.2, 0.25) is 5.91 Å². The van der Waals surface area contributed by atoms with Crippen LogP contribution in [0.1, 0.15) is 23.1 Å². The maximum absolute atomic E-state index is 12.6. The fraction of sp³-hybridized carbons (Fsp3) is 0.222. The number of hydrogen-bond acceptors (Lipinski definition) is 6. The van der Waals surface area contributed by atoms with E-state index in [9.17, 15) is 4.79 Å². The van der Waals surface area contributed by atoms with E-state index in [-0.39, 0.29) is 11.7 Å². The number of aryl methyl sites for hydroxylation is 2. The summed E-state index contributed by atoms with van der Waals surface area (Å²) in [5.74, 6) is 1.60. The lowest BCUT2D eigenvalue weighted by atomic mass is 10.1. The molecule has 174 valence electrons. The van der Waals surface area contributed by atoms with Crippen LogP contribution in [0.4, 0.5) is 17.1 Å². The van der Waals surface area contributed by atoms with Gasteiger partial charge in [-0.3, -0.25) is 9.79 Å². The van der Waals surface area contributed by atoms with Crippen LogP contribution in [0.5, 0.6) is 11.5 Å². The highest BCUT2D eigenvalue weighted by Crippen LogP contribution is 2.36. The number of hydrogen-bond donors (Lipinski definition) is 1. The third-order valence-corrected chi connectivity index (χ3v) is 6.51. The van der Waals surface area contributed by atoms with E-state index in [2.05, 4.69) is 31.3 Å². The number of amides is 1. The summed E-state index contributed by atoms with van der Waals surface area (Å²) in [5, 5.41) is 3.76. The summed E-state index contributed by atoms with van der Waals surface area (Å²) in [7, 11) is 3.25. The van der Waals surface area contributed by atoms with Gasteiger partial charge in [-0.2, -0.15) is 0 Å². The van der Waals surface area contributed by atoms with Crippen molar-refractivity contribution in [2.24, 2.45) is 9.98 Å². The van der Waals surface area contributed by atoms with E-state index < -0.39 is 0 Å². The van der Waals surface area contributed by atoms with E-state index in [1.165, 1.54) is 11.8 Å². The number of thioether (sulfide) groups is 1. The lowest BCUT2D eigenvalue weighted by molar-refractivity contribution is -0.113.